The van der Waals surface area contributed by atoms with Crippen molar-refractivity contribution < 1.29 is 38.9 Å². The van der Waals surface area contributed by atoms with E-state index in [2.05, 4.69) is 0 Å². The molecule has 0 saturated heterocycles. The molecule has 144 valence electrons. The molecule has 0 amide bonds. The van der Waals surface area contributed by atoms with Crippen LogP contribution in [0.25, 0.3) is 0 Å². The lowest BCUT2D eigenvalue weighted by Gasteiger charge is -2.28. The number of aliphatic carboxylic acids is 2. The molecule has 8 heteroatoms. The number of carbonyl (C=O) groups is 4. The molecule has 0 fully saturated rings. The van der Waals surface area contributed by atoms with Crippen LogP contribution in [-0.2, 0) is 28.7 Å². The summed E-state index contributed by atoms with van der Waals surface area (Å²) in [7, 11) is 2.41. The first-order chi connectivity index (χ1) is 11.8. The van der Waals surface area contributed by atoms with Crippen LogP contribution in [0.15, 0.2) is 0 Å². The Kier molecular flexibility index (Phi) is 11.2. The standard InChI is InChI=1S/C17H28O8/c1-24-15(22)17(16(23)25-2,11-7-3-5-9-13(18)19)12-8-4-6-10-14(20)21/h3-12H2,1-2H3,(H,18,19)(H,20,21). The van der Waals surface area contributed by atoms with Gasteiger partial charge in [-0.3, -0.25) is 19.2 Å². The van der Waals surface area contributed by atoms with Gasteiger partial charge in [0.25, 0.3) is 0 Å². The molecule has 0 aliphatic heterocycles. The summed E-state index contributed by atoms with van der Waals surface area (Å²) in [5.74, 6) is -3.11. The Balaban J connectivity index is 4.81. The van der Waals surface area contributed by atoms with Gasteiger partial charge in [0.15, 0.2) is 5.41 Å². The van der Waals surface area contributed by atoms with Gasteiger partial charge in [-0.1, -0.05) is 25.7 Å². The first-order valence-electron chi connectivity index (χ1n) is 8.40. The number of esters is 2. The van der Waals surface area contributed by atoms with Crippen molar-refractivity contribution in [3.05, 3.63) is 0 Å². The largest absolute Gasteiger partial charge is 0.481 e. The average Bonchev–Trinajstić information content (AvgIpc) is 2.57. The summed E-state index contributed by atoms with van der Waals surface area (Å²) in [6, 6.07) is 0. The van der Waals surface area contributed by atoms with E-state index < -0.39 is 29.3 Å². The number of hydrogen-bond acceptors (Lipinski definition) is 6. The molecule has 0 radical (unpaired) electrons. The van der Waals surface area contributed by atoms with E-state index in [1.165, 1.54) is 14.2 Å². The fourth-order valence-electron chi connectivity index (χ4n) is 2.77. The second kappa shape index (κ2) is 12.3. The lowest BCUT2D eigenvalue weighted by molar-refractivity contribution is -0.170. The van der Waals surface area contributed by atoms with Crippen molar-refractivity contribution in [2.45, 2.75) is 64.2 Å². The molecule has 0 heterocycles. The molecule has 0 atom stereocenters. The quantitative estimate of drug-likeness (QED) is 0.274. The van der Waals surface area contributed by atoms with E-state index in [1.54, 1.807) is 0 Å². The van der Waals surface area contributed by atoms with Crippen LogP contribution in [0.3, 0.4) is 0 Å². The molecular formula is C17H28O8. The molecule has 0 aromatic rings. The maximum atomic E-state index is 12.3. The average molecular weight is 360 g/mol. The maximum absolute atomic E-state index is 12.3. The molecule has 8 nitrogen and oxygen atoms in total. The van der Waals surface area contributed by atoms with Gasteiger partial charge in [-0.2, -0.15) is 0 Å². The Morgan fingerprint density at radius 2 is 1.04 bits per heavy atom. The van der Waals surface area contributed by atoms with Crippen molar-refractivity contribution >= 4 is 23.9 Å². The Morgan fingerprint density at radius 3 is 1.32 bits per heavy atom. The number of hydrogen-bond donors (Lipinski definition) is 2. The zero-order valence-corrected chi connectivity index (χ0v) is 14.9. The van der Waals surface area contributed by atoms with E-state index in [0.29, 0.717) is 38.5 Å². The zero-order valence-electron chi connectivity index (χ0n) is 14.9. The summed E-state index contributed by atoms with van der Waals surface area (Å²) in [5, 5.41) is 17.3. The van der Waals surface area contributed by atoms with E-state index in [9.17, 15) is 19.2 Å². The highest BCUT2D eigenvalue weighted by Gasteiger charge is 2.47. The van der Waals surface area contributed by atoms with E-state index in [4.69, 9.17) is 19.7 Å². The lowest BCUT2D eigenvalue weighted by Crippen LogP contribution is -2.41. The fourth-order valence-corrected chi connectivity index (χ4v) is 2.77. The molecule has 0 spiro atoms. The van der Waals surface area contributed by atoms with Gasteiger partial charge in [-0.25, -0.2) is 0 Å². The molecule has 0 saturated carbocycles. The molecule has 0 unspecified atom stereocenters. The SMILES string of the molecule is COC(=O)C(CCCCCC(=O)O)(CCCCCC(=O)O)C(=O)OC. The molecule has 0 aromatic carbocycles. The normalized spacial score (nSPS) is 11.0. The predicted molar refractivity (Wildman–Crippen MR) is 87.9 cm³/mol. The summed E-state index contributed by atoms with van der Waals surface area (Å²) in [5.41, 5.74) is -1.42. The van der Waals surface area contributed by atoms with Gasteiger partial charge >= 0.3 is 23.9 Å². The van der Waals surface area contributed by atoms with E-state index in [-0.39, 0.29) is 25.7 Å². The second-order valence-corrected chi connectivity index (χ2v) is 5.97. The van der Waals surface area contributed by atoms with E-state index in [0.717, 1.165) is 0 Å². The minimum absolute atomic E-state index is 0.0403. The van der Waals surface area contributed by atoms with Crippen LogP contribution < -0.4 is 0 Å². The van der Waals surface area contributed by atoms with Crippen molar-refractivity contribution in [1.29, 1.82) is 0 Å². The number of rotatable bonds is 14. The summed E-state index contributed by atoms with van der Waals surface area (Å²) in [6.07, 6.45) is 3.56. The zero-order chi connectivity index (χ0) is 19.3. The molecule has 0 aliphatic rings. The van der Waals surface area contributed by atoms with Crippen LogP contribution in [0.1, 0.15) is 64.2 Å². The number of ether oxygens (including phenoxy) is 2. The summed E-state index contributed by atoms with van der Waals surface area (Å²) < 4.78 is 9.60. The van der Waals surface area contributed by atoms with Gasteiger partial charge in [0, 0.05) is 12.8 Å². The summed E-state index contributed by atoms with van der Waals surface area (Å²) in [4.78, 5) is 45.6. The monoisotopic (exact) mass is 360 g/mol. The van der Waals surface area contributed by atoms with Gasteiger partial charge in [-0.05, 0) is 25.7 Å². The maximum Gasteiger partial charge on any atom is 0.323 e. The van der Waals surface area contributed by atoms with Gasteiger partial charge < -0.3 is 19.7 Å². The Bertz CT molecular complexity index is 416. The first kappa shape index (κ1) is 22.9. The lowest BCUT2D eigenvalue weighted by atomic mass is 9.77. The Morgan fingerprint density at radius 1 is 0.680 bits per heavy atom. The number of carbonyl (C=O) groups excluding carboxylic acids is 2. The number of carboxylic acid groups (broad SMARTS) is 2. The van der Waals surface area contributed by atoms with Crippen molar-refractivity contribution in [3.8, 4) is 0 Å². The fraction of sp³-hybridized carbons (Fsp3) is 0.765. The van der Waals surface area contributed by atoms with Crippen LogP contribution >= 0.6 is 0 Å². The number of carboxylic acids is 2. The third kappa shape index (κ3) is 8.51. The van der Waals surface area contributed by atoms with Crippen molar-refractivity contribution in [2.24, 2.45) is 5.41 Å². The molecule has 0 aromatic heterocycles. The number of unbranched alkanes of at least 4 members (excludes halogenated alkanes) is 4. The predicted octanol–water partition coefficient (Wildman–Crippen LogP) is 2.39. The smallest absolute Gasteiger partial charge is 0.323 e. The first-order valence-corrected chi connectivity index (χ1v) is 8.40. The Hall–Kier alpha value is -2.12. The highest BCUT2D eigenvalue weighted by atomic mass is 16.5. The van der Waals surface area contributed by atoms with Crippen molar-refractivity contribution in [2.75, 3.05) is 14.2 Å². The van der Waals surface area contributed by atoms with Gasteiger partial charge in [-0.15, -0.1) is 0 Å². The van der Waals surface area contributed by atoms with Crippen LogP contribution in [0.5, 0.6) is 0 Å². The second-order valence-electron chi connectivity index (χ2n) is 5.97. The minimum atomic E-state index is -1.42. The van der Waals surface area contributed by atoms with E-state index >= 15 is 0 Å². The minimum Gasteiger partial charge on any atom is -0.481 e. The van der Waals surface area contributed by atoms with Crippen molar-refractivity contribution in [3.63, 3.8) is 0 Å². The molecular weight excluding hydrogens is 332 g/mol. The highest BCUT2D eigenvalue weighted by Crippen LogP contribution is 2.35. The topological polar surface area (TPSA) is 127 Å². The van der Waals surface area contributed by atoms with Crippen LogP contribution in [0.2, 0.25) is 0 Å². The molecule has 0 bridgehead atoms. The van der Waals surface area contributed by atoms with Crippen LogP contribution in [0, 0.1) is 5.41 Å². The highest BCUT2D eigenvalue weighted by molar-refractivity contribution is 5.99. The molecule has 2 N–H and O–H groups in total. The van der Waals surface area contributed by atoms with E-state index in [1.807, 2.05) is 0 Å². The summed E-state index contributed by atoms with van der Waals surface area (Å²) >= 11 is 0. The molecule has 0 aliphatic carbocycles. The Labute approximate surface area is 147 Å². The third-order valence-corrected chi connectivity index (χ3v) is 4.14. The van der Waals surface area contributed by atoms with Crippen LogP contribution in [0.4, 0.5) is 0 Å². The third-order valence-electron chi connectivity index (χ3n) is 4.14. The number of methoxy groups -OCH3 is 2. The van der Waals surface area contributed by atoms with Gasteiger partial charge in [0.1, 0.15) is 0 Å². The molecule has 25 heavy (non-hydrogen) atoms. The van der Waals surface area contributed by atoms with Gasteiger partial charge in [0.05, 0.1) is 14.2 Å². The summed E-state index contributed by atoms with van der Waals surface area (Å²) in [6.45, 7) is 0. The van der Waals surface area contributed by atoms with Crippen LogP contribution in [-0.4, -0.2) is 48.3 Å². The van der Waals surface area contributed by atoms with Crippen molar-refractivity contribution in [1.82, 2.24) is 0 Å². The van der Waals surface area contributed by atoms with Gasteiger partial charge in [0.2, 0.25) is 0 Å². The molecule has 0 rings (SSSR count).